The van der Waals surface area contributed by atoms with Crippen molar-refractivity contribution < 1.29 is 9.59 Å². The van der Waals surface area contributed by atoms with Crippen molar-refractivity contribution in [2.75, 3.05) is 20.1 Å². The van der Waals surface area contributed by atoms with Crippen molar-refractivity contribution in [1.29, 1.82) is 0 Å². The zero-order valence-corrected chi connectivity index (χ0v) is 10.4. The molecule has 0 aliphatic carbocycles. The standard InChI is InChI=1S/C12H21N3O2/c1-15-8-10(7-12(15)17)14-11(16)5-4-9-3-2-6-13-9/h9-10,13H,2-8H2,1H3,(H,14,16). The lowest BCUT2D eigenvalue weighted by Crippen LogP contribution is -2.37. The van der Waals surface area contributed by atoms with Gasteiger partial charge in [-0.15, -0.1) is 0 Å². The number of nitrogens with one attached hydrogen (secondary N) is 2. The maximum atomic E-state index is 11.7. The molecule has 2 aliphatic rings. The Morgan fingerprint density at radius 1 is 1.59 bits per heavy atom. The molecule has 2 unspecified atom stereocenters. The summed E-state index contributed by atoms with van der Waals surface area (Å²) in [5.74, 6) is 0.194. The summed E-state index contributed by atoms with van der Waals surface area (Å²) in [7, 11) is 1.77. The first-order chi connectivity index (χ1) is 8.15. The summed E-state index contributed by atoms with van der Waals surface area (Å²) in [6.45, 7) is 1.72. The van der Waals surface area contributed by atoms with E-state index in [4.69, 9.17) is 0 Å². The van der Waals surface area contributed by atoms with Crippen LogP contribution in [0, 0.1) is 0 Å². The Kier molecular flexibility index (Phi) is 3.99. The van der Waals surface area contributed by atoms with Crippen LogP contribution in [0.5, 0.6) is 0 Å². The predicted molar refractivity (Wildman–Crippen MR) is 64.4 cm³/mol. The van der Waals surface area contributed by atoms with E-state index >= 15 is 0 Å². The highest BCUT2D eigenvalue weighted by atomic mass is 16.2. The van der Waals surface area contributed by atoms with E-state index in [1.165, 1.54) is 12.8 Å². The molecule has 2 aliphatic heterocycles. The Morgan fingerprint density at radius 2 is 2.41 bits per heavy atom. The zero-order valence-electron chi connectivity index (χ0n) is 10.4. The SMILES string of the molecule is CN1CC(NC(=O)CCC2CCCN2)CC1=O. The Balaban J connectivity index is 1.65. The van der Waals surface area contributed by atoms with Crippen molar-refractivity contribution in [1.82, 2.24) is 15.5 Å². The fourth-order valence-electron chi connectivity index (χ4n) is 2.57. The van der Waals surface area contributed by atoms with E-state index in [2.05, 4.69) is 10.6 Å². The fraction of sp³-hybridized carbons (Fsp3) is 0.833. The topological polar surface area (TPSA) is 61.4 Å². The molecule has 5 heteroatoms. The van der Waals surface area contributed by atoms with Gasteiger partial charge in [0.2, 0.25) is 11.8 Å². The van der Waals surface area contributed by atoms with E-state index in [9.17, 15) is 9.59 Å². The van der Waals surface area contributed by atoms with Crippen LogP contribution in [0.1, 0.15) is 32.1 Å². The first kappa shape index (κ1) is 12.4. The molecule has 2 N–H and O–H groups in total. The van der Waals surface area contributed by atoms with E-state index in [1.54, 1.807) is 11.9 Å². The number of hydrogen-bond donors (Lipinski definition) is 2. The Bertz CT molecular complexity index is 300. The van der Waals surface area contributed by atoms with Crippen LogP contribution < -0.4 is 10.6 Å². The number of nitrogens with zero attached hydrogens (tertiary/aromatic N) is 1. The molecule has 2 fully saturated rings. The molecule has 0 aromatic rings. The smallest absolute Gasteiger partial charge is 0.224 e. The number of rotatable bonds is 4. The summed E-state index contributed by atoms with van der Waals surface area (Å²) in [5.41, 5.74) is 0. The zero-order chi connectivity index (χ0) is 12.3. The summed E-state index contributed by atoms with van der Waals surface area (Å²) < 4.78 is 0. The average molecular weight is 239 g/mol. The van der Waals surface area contributed by atoms with Crippen molar-refractivity contribution in [3.05, 3.63) is 0 Å². The first-order valence-electron chi connectivity index (χ1n) is 6.42. The van der Waals surface area contributed by atoms with Gasteiger partial charge in [0.1, 0.15) is 0 Å². The largest absolute Gasteiger partial charge is 0.351 e. The van der Waals surface area contributed by atoms with Gasteiger partial charge in [0, 0.05) is 32.5 Å². The highest BCUT2D eigenvalue weighted by Crippen LogP contribution is 2.12. The lowest BCUT2D eigenvalue weighted by molar-refractivity contribution is -0.126. The molecule has 0 bridgehead atoms. The molecule has 2 saturated heterocycles. The van der Waals surface area contributed by atoms with E-state index in [1.807, 2.05) is 0 Å². The van der Waals surface area contributed by atoms with Gasteiger partial charge in [-0.05, 0) is 25.8 Å². The second-order valence-corrected chi connectivity index (χ2v) is 5.07. The minimum Gasteiger partial charge on any atom is -0.351 e. The van der Waals surface area contributed by atoms with E-state index in [0.717, 1.165) is 13.0 Å². The number of hydrogen-bond acceptors (Lipinski definition) is 3. The Labute approximate surface area is 102 Å². The summed E-state index contributed by atoms with van der Waals surface area (Å²) in [4.78, 5) is 24.7. The maximum Gasteiger partial charge on any atom is 0.224 e. The van der Waals surface area contributed by atoms with Crippen molar-refractivity contribution in [3.63, 3.8) is 0 Å². The molecule has 0 radical (unpaired) electrons. The second-order valence-electron chi connectivity index (χ2n) is 5.07. The average Bonchev–Trinajstić information content (AvgIpc) is 2.87. The van der Waals surface area contributed by atoms with E-state index < -0.39 is 0 Å². The second kappa shape index (κ2) is 5.49. The molecule has 2 amide bonds. The third-order valence-electron chi connectivity index (χ3n) is 3.59. The number of carbonyl (C=O) groups excluding carboxylic acids is 2. The molecule has 17 heavy (non-hydrogen) atoms. The van der Waals surface area contributed by atoms with Gasteiger partial charge in [0.25, 0.3) is 0 Å². The minimum atomic E-state index is 0.0107. The first-order valence-corrected chi connectivity index (χ1v) is 6.42. The number of amides is 2. The van der Waals surface area contributed by atoms with Crippen LogP contribution in [0.2, 0.25) is 0 Å². The van der Waals surface area contributed by atoms with Gasteiger partial charge in [-0.2, -0.15) is 0 Å². The number of likely N-dealkylation sites (N-methyl/N-ethyl adjacent to an activating group) is 1. The molecule has 2 atom stereocenters. The highest BCUT2D eigenvalue weighted by molar-refractivity contribution is 5.82. The van der Waals surface area contributed by atoms with Crippen molar-refractivity contribution in [2.45, 2.75) is 44.2 Å². The van der Waals surface area contributed by atoms with Gasteiger partial charge in [-0.25, -0.2) is 0 Å². The molecule has 2 heterocycles. The summed E-state index contributed by atoms with van der Waals surface area (Å²) in [5, 5.41) is 6.31. The molecule has 0 saturated carbocycles. The maximum absolute atomic E-state index is 11.7. The summed E-state index contributed by atoms with van der Waals surface area (Å²) in [6, 6.07) is 0.519. The normalized spacial score (nSPS) is 28.8. The monoisotopic (exact) mass is 239 g/mol. The fourth-order valence-corrected chi connectivity index (χ4v) is 2.57. The third kappa shape index (κ3) is 3.43. The van der Waals surface area contributed by atoms with E-state index in [0.29, 0.717) is 25.4 Å². The van der Waals surface area contributed by atoms with Gasteiger partial charge >= 0.3 is 0 Å². The Morgan fingerprint density at radius 3 is 3.00 bits per heavy atom. The highest BCUT2D eigenvalue weighted by Gasteiger charge is 2.27. The van der Waals surface area contributed by atoms with Crippen molar-refractivity contribution in [2.24, 2.45) is 0 Å². The van der Waals surface area contributed by atoms with Crippen LogP contribution in [-0.2, 0) is 9.59 Å². The molecule has 2 rings (SSSR count). The van der Waals surface area contributed by atoms with Gasteiger partial charge < -0.3 is 15.5 Å². The van der Waals surface area contributed by atoms with Crippen LogP contribution in [0.3, 0.4) is 0 Å². The minimum absolute atomic E-state index is 0.0107. The lowest BCUT2D eigenvalue weighted by atomic mass is 10.1. The molecule has 0 spiro atoms. The number of likely N-dealkylation sites (tertiary alicyclic amines) is 1. The summed E-state index contributed by atoms with van der Waals surface area (Å²) >= 11 is 0. The predicted octanol–water partition coefficient (Wildman–Crippen LogP) is -0.134. The van der Waals surface area contributed by atoms with Gasteiger partial charge in [-0.3, -0.25) is 9.59 Å². The summed E-state index contributed by atoms with van der Waals surface area (Å²) in [6.07, 6.45) is 4.31. The molecule has 0 aromatic heterocycles. The van der Waals surface area contributed by atoms with Crippen LogP contribution in [0.4, 0.5) is 0 Å². The van der Waals surface area contributed by atoms with Gasteiger partial charge in [0.15, 0.2) is 0 Å². The van der Waals surface area contributed by atoms with Gasteiger partial charge in [0.05, 0.1) is 6.04 Å². The number of carbonyl (C=O) groups is 2. The van der Waals surface area contributed by atoms with E-state index in [-0.39, 0.29) is 17.9 Å². The lowest BCUT2D eigenvalue weighted by Gasteiger charge is -2.14. The molecule has 5 nitrogen and oxygen atoms in total. The van der Waals surface area contributed by atoms with Crippen LogP contribution >= 0.6 is 0 Å². The molecule has 0 aromatic carbocycles. The van der Waals surface area contributed by atoms with Gasteiger partial charge in [-0.1, -0.05) is 0 Å². The van der Waals surface area contributed by atoms with Crippen molar-refractivity contribution >= 4 is 11.8 Å². The van der Waals surface area contributed by atoms with Crippen LogP contribution in [0.15, 0.2) is 0 Å². The molecular formula is C12H21N3O2. The van der Waals surface area contributed by atoms with Crippen LogP contribution in [-0.4, -0.2) is 48.9 Å². The quantitative estimate of drug-likeness (QED) is 0.718. The molecular weight excluding hydrogens is 218 g/mol. The molecule has 96 valence electrons. The Hall–Kier alpha value is -1.10. The third-order valence-corrected chi connectivity index (χ3v) is 3.59. The van der Waals surface area contributed by atoms with Crippen molar-refractivity contribution in [3.8, 4) is 0 Å². The van der Waals surface area contributed by atoms with Crippen LogP contribution in [0.25, 0.3) is 0 Å².